The van der Waals surface area contributed by atoms with Gasteiger partial charge in [-0.2, -0.15) is 0 Å². The highest BCUT2D eigenvalue weighted by Gasteiger charge is 2.50. The zero-order valence-electron chi connectivity index (χ0n) is 16.9. The molecule has 5 rings (SSSR count). The van der Waals surface area contributed by atoms with Crippen LogP contribution in [0.1, 0.15) is 65.6 Å². The van der Waals surface area contributed by atoms with E-state index >= 15 is 0 Å². The number of nitrogens with one attached hydrogen (secondary N) is 3. The molecule has 30 heavy (non-hydrogen) atoms. The zero-order valence-corrected chi connectivity index (χ0v) is 16.9. The maximum Gasteiger partial charge on any atom is 0.322 e. The first kappa shape index (κ1) is 19.3. The van der Waals surface area contributed by atoms with Gasteiger partial charge in [-0.3, -0.25) is 10.1 Å². The molecule has 3 aliphatic rings. The van der Waals surface area contributed by atoms with Crippen LogP contribution in [0.3, 0.4) is 0 Å². The van der Waals surface area contributed by atoms with Gasteiger partial charge in [0.2, 0.25) is 0 Å². The number of hydrogen-bond acceptors (Lipinski definition) is 4. The van der Waals surface area contributed by atoms with Crippen molar-refractivity contribution in [1.29, 1.82) is 0 Å². The third-order valence-corrected chi connectivity index (χ3v) is 6.87. The number of aryl methyl sites for hydroxylation is 2. The quantitative estimate of drug-likeness (QED) is 0.589. The maximum absolute atomic E-state index is 12.7. The van der Waals surface area contributed by atoms with E-state index in [0.29, 0.717) is 6.42 Å². The Labute approximate surface area is 176 Å². The van der Waals surface area contributed by atoms with E-state index in [4.69, 9.17) is 0 Å². The first-order valence-corrected chi connectivity index (χ1v) is 10.8. The fraction of sp³-hybridized carbons (Fsp3) is 0.417. The molecule has 4 N–H and O–H groups in total. The summed E-state index contributed by atoms with van der Waals surface area (Å²) in [5, 5.41) is 19.0. The van der Waals surface area contributed by atoms with Crippen molar-refractivity contribution in [2.45, 2.75) is 56.1 Å². The molecular weight excluding hydrogens is 378 g/mol. The highest BCUT2D eigenvalue weighted by Crippen LogP contribution is 2.42. The fourth-order valence-corrected chi connectivity index (χ4v) is 5.40. The van der Waals surface area contributed by atoms with E-state index in [1.165, 1.54) is 16.7 Å². The number of fused-ring (bicyclic) bond motifs is 3. The Balaban J connectivity index is 1.53. The van der Waals surface area contributed by atoms with Gasteiger partial charge in [-0.1, -0.05) is 42.5 Å². The van der Waals surface area contributed by atoms with Gasteiger partial charge in [0.25, 0.3) is 5.91 Å². The van der Waals surface area contributed by atoms with Crippen LogP contribution in [-0.2, 0) is 23.2 Å². The zero-order chi connectivity index (χ0) is 20.7. The molecule has 1 saturated heterocycles. The Morgan fingerprint density at radius 1 is 1.10 bits per heavy atom. The number of hydrogen-bond donors (Lipinski definition) is 4. The van der Waals surface area contributed by atoms with Gasteiger partial charge < -0.3 is 15.7 Å². The first-order chi connectivity index (χ1) is 14.6. The van der Waals surface area contributed by atoms with Gasteiger partial charge in [-0.05, 0) is 66.3 Å². The average Bonchev–Trinajstić information content (AvgIpc) is 3.05. The summed E-state index contributed by atoms with van der Waals surface area (Å²) in [6.45, 7) is 0.0171. The van der Waals surface area contributed by atoms with Crippen molar-refractivity contribution in [3.8, 4) is 0 Å². The summed E-state index contributed by atoms with van der Waals surface area (Å²) in [7, 11) is 0. The van der Waals surface area contributed by atoms with E-state index in [0.717, 1.165) is 43.2 Å². The molecule has 0 radical (unpaired) electrons. The molecule has 0 bridgehead atoms. The topological polar surface area (TPSA) is 90.5 Å². The first-order valence-electron chi connectivity index (χ1n) is 10.8. The van der Waals surface area contributed by atoms with Crippen molar-refractivity contribution in [2.75, 3.05) is 6.61 Å². The molecule has 1 heterocycles. The second-order valence-electron chi connectivity index (χ2n) is 8.63. The van der Waals surface area contributed by atoms with Crippen LogP contribution in [0.15, 0.2) is 42.5 Å². The average molecular weight is 405 g/mol. The number of carbonyl (C=O) groups is 2. The molecule has 2 aromatic rings. The molecular formula is C24H27N3O3. The summed E-state index contributed by atoms with van der Waals surface area (Å²) in [5.74, 6) is -0.244. The summed E-state index contributed by atoms with van der Waals surface area (Å²) in [6, 6.07) is 13.9. The van der Waals surface area contributed by atoms with E-state index in [2.05, 4.69) is 28.1 Å². The molecule has 1 aliphatic heterocycles. The van der Waals surface area contributed by atoms with Crippen LogP contribution in [-0.4, -0.2) is 23.7 Å². The molecule has 3 amide bonds. The molecule has 0 aromatic heterocycles. The monoisotopic (exact) mass is 405 g/mol. The minimum atomic E-state index is -0.947. The maximum atomic E-state index is 12.7. The van der Waals surface area contributed by atoms with Gasteiger partial charge in [-0.15, -0.1) is 0 Å². The van der Waals surface area contributed by atoms with Gasteiger partial charge in [-0.25, -0.2) is 4.79 Å². The van der Waals surface area contributed by atoms with Crippen LogP contribution in [0, 0.1) is 0 Å². The van der Waals surface area contributed by atoms with E-state index in [1.807, 2.05) is 30.3 Å². The minimum absolute atomic E-state index is 0.0171. The second kappa shape index (κ2) is 7.52. The Kier molecular flexibility index (Phi) is 4.83. The third-order valence-electron chi connectivity index (χ3n) is 6.87. The number of benzene rings is 2. The molecule has 3 atom stereocenters. The molecule has 156 valence electrons. The Bertz CT molecular complexity index is 991. The molecule has 2 aliphatic carbocycles. The number of aliphatic hydroxyl groups is 1. The highest BCUT2D eigenvalue weighted by atomic mass is 16.3. The van der Waals surface area contributed by atoms with Crippen LogP contribution in [0.4, 0.5) is 4.79 Å². The number of carbonyl (C=O) groups excluding carboxylic acids is 2. The normalized spacial score (nSPS) is 26.0. The highest BCUT2D eigenvalue weighted by molar-refractivity contribution is 6.07. The van der Waals surface area contributed by atoms with Gasteiger partial charge in [0.1, 0.15) is 5.54 Å². The van der Waals surface area contributed by atoms with Gasteiger partial charge in [0, 0.05) is 6.04 Å². The molecule has 6 nitrogen and oxygen atoms in total. The lowest BCUT2D eigenvalue weighted by atomic mass is 9.73. The summed E-state index contributed by atoms with van der Waals surface area (Å²) in [6.07, 6.45) is 5.50. The predicted octanol–water partition coefficient (Wildman–Crippen LogP) is 2.76. The lowest BCUT2D eigenvalue weighted by molar-refractivity contribution is -0.124. The van der Waals surface area contributed by atoms with E-state index < -0.39 is 11.6 Å². The van der Waals surface area contributed by atoms with E-state index in [9.17, 15) is 14.7 Å². The predicted molar refractivity (Wildman–Crippen MR) is 113 cm³/mol. The third kappa shape index (κ3) is 3.11. The standard InChI is InChI=1S/C24H27N3O3/c28-14-21(15-6-2-1-3-7-15)25-20-10-4-8-16-12-17-9-5-11-24(19(17)13-18(16)20)22(29)26-23(30)27-24/h1-3,6-7,12-13,20-21,25,28H,4-5,8-11,14H2,(H2,26,27,29,30)/t20-,21-,24-/m0/s1. The van der Waals surface area contributed by atoms with Crippen molar-refractivity contribution in [1.82, 2.24) is 16.0 Å². The largest absolute Gasteiger partial charge is 0.394 e. The number of rotatable bonds is 4. The Morgan fingerprint density at radius 2 is 1.90 bits per heavy atom. The number of amides is 3. The summed E-state index contributed by atoms with van der Waals surface area (Å²) < 4.78 is 0. The number of aliphatic hydroxyl groups excluding tert-OH is 1. The summed E-state index contributed by atoms with van der Waals surface area (Å²) in [5.41, 5.74) is 4.71. The van der Waals surface area contributed by atoms with Crippen molar-refractivity contribution < 1.29 is 14.7 Å². The minimum Gasteiger partial charge on any atom is -0.394 e. The fourth-order valence-electron chi connectivity index (χ4n) is 5.40. The number of urea groups is 1. The van der Waals surface area contributed by atoms with Gasteiger partial charge in [0.05, 0.1) is 12.6 Å². The lowest BCUT2D eigenvalue weighted by Gasteiger charge is -2.37. The molecule has 1 spiro atoms. The number of imide groups is 1. The summed E-state index contributed by atoms with van der Waals surface area (Å²) >= 11 is 0. The van der Waals surface area contributed by atoms with Crippen LogP contribution >= 0.6 is 0 Å². The summed E-state index contributed by atoms with van der Waals surface area (Å²) in [4.78, 5) is 24.7. The van der Waals surface area contributed by atoms with Gasteiger partial charge in [0.15, 0.2) is 0 Å². The second-order valence-corrected chi connectivity index (χ2v) is 8.63. The van der Waals surface area contributed by atoms with Crippen LogP contribution in [0.5, 0.6) is 0 Å². The van der Waals surface area contributed by atoms with Crippen LogP contribution < -0.4 is 16.0 Å². The molecule has 2 aromatic carbocycles. The van der Waals surface area contributed by atoms with Gasteiger partial charge >= 0.3 is 6.03 Å². The van der Waals surface area contributed by atoms with Crippen molar-refractivity contribution in [3.05, 3.63) is 70.3 Å². The van der Waals surface area contributed by atoms with Crippen molar-refractivity contribution in [2.24, 2.45) is 0 Å². The van der Waals surface area contributed by atoms with Crippen LogP contribution in [0.25, 0.3) is 0 Å². The Morgan fingerprint density at radius 3 is 2.63 bits per heavy atom. The van der Waals surface area contributed by atoms with Crippen LogP contribution in [0.2, 0.25) is 0 Å². The molecule has 0 saturated carbocycles. The van der Waals surface area contributed by atoms with E-state index in [-0.39, 0.29) is 24.6 Å². The smallest absolute Gasteiger partial charge is 0.322 e. The molecule has 0 unspecified atom stereocenters. The molecule has 6 heteroatoms. The SMILES string of the molecule is O=C1NC(=O)[C@@]2(CCCc3cc4c(cc32)[C@@H](N[C@@H](CO)c2ccccc2)CCC4)N1. The van der Waals surface area contributed by atoms with Crippen molar-refractivity contribution >= 4 is 11.9 Å². The Hall–Kier alpha value is -2.70. The van der Waals surface area contributed by atoms with E-state index in [1.54, 1.807) is 0 Å². The molecule has 1 fully saturated rings. The lowest BCUT2D eigenvalue weighted by Crippen LogP contribution is -2.46. The van der Waals surface area contributed by atoms with Crippen molar-refractivity contribution in [3.63, 3.8) is 0 Å².